The number of hydrogen-bond donors (Lipinski definition) is 1. The number of aromatic nitrogens is 1. The number of amides is 1. The Hall–Kier alpha value is -1.85. The molecule has 5 nitrogen and oxygen atoms in total. The van der Waals surface area contributed by atoms with Crippen LogP contribution in [0.1, 0.15) is 44.3 Å². The summed E-state index contributed by atoms with van der Waals surface area (Å²) in [5, 5.41) is 7.74. The van der Waals surface area contributed by atoms with E-state index in [1.807, 2.05) is 48.3 Å². The molecule has 0 bridgehead atoms. The van der Waals surface area contributed by atoms with Gasteiger partial charge in [0, 0.05) is 37.7 Å². The first-order valence-corrected chi connectivity index (χ1v) is 10.2. The zero-order chi connectivity index (χ0) is 18.6. The summed E-state index contributed by atoms with van der Waals surface area (Å²) in [5.74, 6) is 1.82. The molecule has 1 aliphatic carbocycles. The van der Waals surface area contributed by atoms with Gasteiger partial charge >= 0.3 is 0 Å². The number of nitrogens with one attached hydrogen (secondary N) is 1. The number of benzene rings is 1. The molecule has 28 heavy (non-hydrogen) atoms. The number of hydrogen-bond acceptors (Lipinski definition) is 4. The first-order valence-electron chi connectivity index (χ1n) is 10.2. The van der Waals surface area contributed by atoms with Crippen molar-refractivity contribution in [3.8, 4) is 11.3 Å². The van der Waals surface area contributed by atoms with Crippen LogP contribution in [0.4, 0.5) is 0 Å². The van der Waals surface area contributed by atoms with Crippen molar-refractivity contribution in [1.29, 1.82) is 0 Å². The summed E-state index contributed by atoms with van der Waals surface area (Å²) in [6.07, 6.45) is 7.81. The molecule has 3 unspecified atom stereocenters. The molecule has 3 atom stereocenters. The minimum Gasteiger partial charge on any atom is -0.361 e. The number of nitrogens with zero attached hydrogens (tertiary/aromatic N) is 2. The molecular weight excluding hydrogens is 374 g/mol. The highest BCUT2D eigenvalue weighted by Crippen LogP contribution is 2.33. The lowest BCUT2D eigenvalue weighted by Crippen LogP contribution is -2.44. The Bertz CT molecular complexity index is 750. The average molecular weight is 404 g/mol. The number of carbonyl (C=O) groups excluding carboxylic acids is 1. The van der Waals surface area contributed by atoms with E-state index in [9.17, 15) is 4.79 Å². The summed E-state index contributed by atoms with van der Waals surface area (Å²) in [7, 11) is 1.92. The van der Waals surface area contributed by atoms with Crippen LogP contribution in [-0.2, 0) is 11.2 Å². The second-order valence-electron chi connectivity index (χ2n) is 8.01. The average Bonchev–Trinajstić information content (AvgIpc) is 3.35. The van der Waals surface area contributed by atoms with Crippen molar-refractivity contribution < 1.29 is 9.32 Å². The first-order chi connectivity index (χ1) is 13.2. The molecular formula is C22H30ClN3O2. The van der Waals surface area contributed by atoms with Crippen molar-refractivity contribution in [3.05, 3.63) is 42.2 Å². The summed E-state index contributed by atoms with van der Waals surface area (Å²) in [4.78, 5) is 14.6. The van der Waals surface area contributed by atoms with Crippen LogP contribution in [0.25, 0.3) is 11.3 Å². The maximum Gasteiger partial charge on any atom is 0.239 e. The van der Waals surface area contributed by atoms with Crippen molar-refractivity contribution in [3.63, 3.8) is 0 Å². The van der Waals surface area contributed by atoms with Crippen LogP contribution in [0.15, 0.2) is 40.9 Å². The zero-order valence-electron chi connectivity index (χ0n) is 16.5. The quantitative estimate of drug-likeness (QED) is 0.789. The molecule has 2 aliphatic rings. The van der Waals surface area contributed by atoms with Crippen molar-refractivity contribution in [2.45, 2.75) is 57.0 Å². The molecule has 2 fully saturated rings. The molecule has 1 aromatic heterocycles. The highest BCUT2D eigenvalue weighted by molar-refractivity contribution is 5.85. The standard InChI is InChI=1S/C22H29N3O2.ClH/c1-25(22(26)21-14-17-10-5-6-12-19(17)23-21)13-7-11-18-15-20(24-27-18)16-8-3-2-4-9-16;/h2-4,8-9,15,17,19,21,23H,5-7,10-14H2,1H3;1H. The van der Waals surface area contributed by atoms with Gasteiger partial charge in [0.1, 0.15) is 11.5 Å². The molecule has 1 saturated heterocycles. The molecule has 0 spiro atoms. The Morgan fingerprint density at radius 2 is 2.04 bits per heavy atom. The van der Waals surface area contributed by atoms with Gasteiger partial charge < -0.3 is 14.7 Å². The van der Waals surface area contributed by atoms with Crippen LogP contribution in [0, 0.1) is 5.92 Å². The minimum atomic E-state index is 0. The van der Waals surface area contributed by atoms with E-state index in [0.29, 0.717) is 12.0 Å². The maximum atomic E-state index is 12.7. The van der Waals surface area contributed by atoms with Gasteiger partial charge in [0.25, 0.3) is 0 Å². The van der Waals surface area contributed by atoms with Crippen molar-refractivity contribution in [2.75, 3.05) is 13.6 Å². The monoisotopic (exact) mass is 403 g/mol. The van der Waals surface area contributed by atoms with Gasteiger partial charge in [-0.15, -0.1) is 12.4 Å². The van der Waals surface area contributed by atoms with Crippen LogP contribution in [0.5, 0.6) is 0 Å². The second-order valence-corrected chi connectivity index (χ2v) is 8.01. The predicted molar refractivity (Wildman–Crippen MR) is 112 cm³/mol. The number of rotatable bonds is 6. The molecule has 0 radical (unpaired) electrons. The van der Waals surface area contributed by atoms with Crippen molar-refractivity contribution >= 4 is 18.3 Å². The van der Waals surface area contributed by atoms with Gasteiger partial charge in [-0.3, -0.25) is 4.79 Å². The predicted octanol–water partition coefficient (Wildman–Crippen LogP) is 4.08. The maximum absolute atomic E-state index is 12.7. The van der Waals surface area contributed by atoms with Crippen LogP contribution >= 0.6 is 12.4 Å². The number of likely N-dealkylation sites (N-methyl/N-ethyl adjacent to an activating group) is 1. The topological polar surface area (TPSA) is 58.4 Å². The zero-order valence-corrected chi connectivity index (χ0v) is 17.3. The Morgan fingerprint density at radius 1 is 1.25 bits per heavy atom. The molecule has 6 heteroatoms. The van der Waals surface area contributed by atoms with E-state index < -0.39 is 0 Å². The largest absolute Gasteiger partial charge is 0.361 e. The molecule has 2 aromatic rings. The lowest BCUT2D eigenvalue weighted by Gasteiger charge is -2.24. The molecule has 152 valence electrons. The third-order valence-corrected chi connectivity index (χ3v) is 6.08. The molecule has 1 N–H and O–H groups in total. The lowest BCUT2D eigenvalue weighted by atomic mass is 9.85. The summed E-state index contributed by atoms with van der Waals surface area (Å²) >= 11 is 0. The first kappa shape index (κ1) is 20.9. The summed E-state index contributed by atoms with van der Waals surface area (Å²) in [6.45, 7) is 0.744. The fourth-order valence-electron chi connectivity index (χ4n) is 4.55. The summed E-state index contributed by atoms with van der Waals surface area (Å²) in [6, 6.07) is 12.6. The van der Waals surface area contributed by atoms with Crippen molar-refractivity contribution in [2.24, 2.45) is 5.92 Å². The van der Waals surface area contributed by atoms with Crippen LogP contribution in [0.3, 0.4) is 0 Å². The smallest absolute Gasteiger partial charge is 0.239 e. The van der Waals surface area contributed by atoms with E-state index in [1.54, 1.807) is 0 Å². The minimum absolute atomic E-state index is 0. The Labute approximate surface area is 173 Å². The van der Waals surface area contributed by atoms with Crippen molar-refractivity contribution in [1.82, 2.24) is 15.4 Å². The van der Waals surface area contributed by atoms with Gasteiger partial charge in [0.05, 0.1) is 6.04 Å². The fourth-order valence-corrected chi connectivity index (χ4v) is 4.55. The van der Waals surface area contributed by atoms with E-state index in [0.717, 1.165) is 42.8 Å². The number of aryl methyl sites for hydroxylation is 1. The molecule has 2 heterocycles. The number of halogens is 1. The lowest BCUT2D eigenvalue weighted by molar-refractivity contribution is -0.131. The highest BCUT2D eigenvalue weighted by atomic mass is 35.5. The van der Waals surface area contributed by atoms with E-state index in [1.165, 1.54) is 25.7 Å². The third kappa shape index (κ3) is 4.76. The molecule has 1 aromatic carbocycles. The Balaban J connectivity index is 0.00000225. The normalized spacial score (nSPS) is 23.7. The third-order valence-electron chi connectivity index (χ3n) is 6.08. The SMILES string of the molecule is CN(CCCc1cc(-c2ccccc2)no1)C(=O)C1CC2CCCCC2N1.Cl. The second kappa shape index (κ2) is 9.57. The molecule has 4 rings (SSSR count). The van der Waals surface area contributed by atoms with Gasteiger partial charge in [0.15, 0.2) is 0 Å². The van der Waals surface area contributed by atoms with E-state index in [4.69, 9.17) is 4.52 Å². The van der Waals surface area contributed by atoms with Crippen LogP contribution in [-0.4, -0.2) is 41.6 Å². The van der Waals surface area contributed by atoms with Crippen LogP contribution in [0.2, 0.25) is 0 Å². The Kier molecular flexibility index (Phi) is 7.13. The van der Waals surface area contributed by atoms with Crippen LogP contribution < -0.4 is 5.32 Å². The van der Waals surface area contributed by atoms with Gasteiger partial charge in [-0.2, -0.15) is 0 Å². The molecule has 1 aliphatic heterocycles. The molecule has 1 amide bonds. The van der Waals surface area contributed by atoms with E-state index in [-0.39, 0.29) is 24.4 Å². The summed E-state index contributed by atoms with van der Waals surface area (Å²) in [5.41, 5.74) is 1.93. The Morgan fingerprint density at radius 3 is 2.82 bits per heavy atom. The van der Waals surface area contributed by atoms with Gasteiger partial charge in [0.2, 0.25) is 5.91 Å². The van der Waals surface area contributed by atoms with E-state index >= 15 is 0 Å². The van der Waals surface area contributed by atoms with Gasteiger partial charge in [-0.25, -0.2) is 0 Å². The molecule has 1 saturated carbocycles. The van der Waals surface area contributed by atoms with E-state index in [2.05, 4.69) is 10.5 Å². The van der Waals surface area contributed by atoms with Gasteiger partial charge in [-0.1, -0.05) is 48.3 Å². The number of fused-ring (bicyclic) bond motifs is 1. The number of carbonyl (C=O) groups is 1. The highest BCUT2D eigenvalue weighted by Gasteiger charge is 2.38. The summed E-state index contributed by atoms with van der Waals surface area (Å²) < 4.78 is 5.46. The fraction of sp³-hybridized carbons (Fsp3) is 0.545. The van der Waals surface area contributed by atoms with Gasteiger partial charge in [-0.05, 0) is 31.6 Å².